The SMILES string of the molecule is O=C(/C(Cl)=C(\O)c1ccccc1)c1ccccc1. The van der Waals surface area contributed by atoms with E-state index in [2.05, 4.69) is 0 Å². The van der Waals surface area contributed by atoms with Gasteiger partial charge in [0, 0.05) is 11.1 Å². The highest BCUT2D eigenvalue weighted by molar-refractivity contribution is 6.47. The van der Waals surface area contributed by atoms with E-state index in [1.165, 1.54) is 0 Å². The molecule has 2 aromatic rings. The number of ketones is 1. The first kappa shape index (κ1) is 12.4. The average molecular weight is 259 g/mol. The van der Waals surface area contributed by atoms with Crippen molar-refractivity contribution in [3.05, 3.63) is 76.8 Å². The van der Waals surface area contributed by atoms with E-state index in [9.17, 15) is 9.90 Å². The molecule has 0 aromatic heterocycles. The summed E-state index contributed by atoms with van der Waals surface area (Å²) in [6, 6.07) is 17.4. The number of hydrogen-bond acceptors (Lipinski definition) is 2. The fraction of sp³-hybridized carbons (Fsp3) is 0. The molecule has 0 amide bonds. The zero-order valence-electron chi connectivity index (χ0n) is 9.51. The molecule has 90 valence electrons. The molecule has 0 unspecified atom stereocenters. The van der Waals surface area contributed by atoms with Crippen molar-refractivity contribution in [1.82, 2.24) is 0 Å². The number of aliphatic hydroxyl groups is 1. The maximum atomic E-state index is 12.0. The van der Waals surface area contributed by atoms with E-state index in [0.29, 0.717) is 11.1 Å². The number of carbonyl (C=O) groups is 1. The predicted octanol–water partition coefficient (Wildman–Crippen LogP) is 4.03. The van der Waals surface area contributed by atoms with Gasteiger partial charge in [0.2, 0.25) is 5.78 Å². The quantitative estimate of drug-likeness (QED) is 0.513. The molecule has 2 aromatic carbocycles. The summed E-state index contributed by atoms with van der Waals surface area (Å²) in [5, 5.41) is 9.77. The van der Waals surface area contributed by atoms with Gasteiger partial charge in [-0.2, -0.15) is 0 Å². The molecule has 0 aliphatic carbocycles. The number of halogens is 1. The van der Waals surface area contributed by atoms with E-state index < -0.39 is 5.78 Å². The number of hydrogen-bond donors (Lipinski definition) is 1. The Hall–Kier alpha value is -2.06. The van der Waals surface area contributed by atoms with Gasteiger partial charge in [0.15, 0.2) is 0 Å². The third-order valence-corrected chi connectivity index (χ3v) is 2.84. The third kappa shape index (κ3) is 2.60. The van der Waals surface area contributed by atoms with E-state index in [1.54, 1.807) is 48.5 Å². The first-order valence-corrected chi connectivity index (χ1v) is 5.82. The first-order valence-electron chi connectivity index (χ1n) is 5.44. The van der Waals surface area contributed by atoms with Crippen molar-refractivity contribution in [3.63, 3.8) is 0 Å². The molecular formula is C15H11ClO2. The van der Waals surface area contributed by atoms with Gasteiger partial charge in [-0.15, -0.1) is 0 Å². The first-order chi connectivity index (χ1) is 8.70. The van der Waals surface area contributed by atoms with Gasteiger partial charge in [-0.25, -0.2) is 0 Å². The number of benzene rings is 2. The lowest BCUT2D eigenvalue weighted by molar-refractivity contribution is 0.104. The van der Waals surface area contributed by atoms with Gasteiger partial charge in [-0.1, -0.05) is 72.3 Å². The maximum Gasteiger partial charge on any atom is 0.208 e. The Morgan fingerprint density at radius 3 is 1.78 bits per heavy atom. The van der Waals surface area contributed by atoms with E-state index in [4.69, 9.17) is 11.6 Å². The molecule has 0 spiro atoms. The van der Waals surface area contributed by atoms with Crippen LogP contribution < -0.4 is 0 Å². The van der Waals surface area contributed by atoms with Gasteiger partial charge in [-0.05, 0) is 0 Å². The second-order valence-corrected chi connectivity index (χ2v) is 4.10. The van der Waals surface area contributed by atoms with Crippen LogP contribution in [-0.4, -0.2) is 10.9 Å². The number of rotatable bonds is 3. The summed E-state index contributed by atoms with van der Waals surface area (Å²) in [5.41, 5.74) is 0.969. The van der Waals surface area contributed by atoms with Gasteiger partial charge >= 0.3 is 0 Å². The second-order valence-electron chi connectivity index (χ2n) is 3.72. The van der Waals surface area contributed by atoms with Gasteiger partial charge in [-0.3, -0.25) is 4.79 Å². The van der Waals surface area contributed by atoms with Crippen molar-refractivity contribution < 1.29 is 9.90 Å². The van der Waals surface area contributed by atoms with Crippen molar-refractivity contribution >= 4 is 23.1 Å². The van der Waals surface area contributed by atoms with Gasteiger partial charge in [0.25, 0.3) is 0 Å². The highest BCUT2D eigenvalue weighted by Crippen LogP contribution is 2.22. The van der Waals surface area contributed by atoms with E-state index >= 15 is 0 Å². The molecule has 18 heavy (non-hydrogen) atoms. The van der Waals surface area contributed by atoms with Crippen LogP contribution in [0.3, 0.4) is 0 Å². The van der Waals surface area contributed by atoms with E-state index in [1.807, 2.05) is 12.1 Å². The van der Waals surface area contributed by atoms with Crippen LogP contribution in [0.5, 0.6) is 0 Å². The summed E-state index contributed by atoms with van der Waals surface area (Å²) < 4.78 is 0. The standard InChI is InChI=1S/C15H11ClO2/c16-13(14(17)11-7-3-1-4-8-11)15(18)12-9-5-2-6-10-12/h1-10,17H/b14-13+. The summed E-state index contributed by atoms with van der Waals surface area (Å²) >= 11 is 5.93. The van der Waals surface area contributed by atoms with Crippen LogP contribution in [0, 0.1) is 0 Å². The summed E-state index contributed by atoms with van der Waals surface area (Å²) in [5.74, 6) is -0.593. The summed E-state index contributed by atoms with van der Waals surface area (Å²) in [7, 11) is 0. The maximum absolute atomic E-state index is 12.0. The Morgan fingerprint density at radius 1 is 0.833 bits per heavy atom. The van der Waals surface area contributed by atoms with Crippen molar-refractivity contribution in [2.75, 3.05) is 0 Å². The minimum Gasteiger partial charge on any atom is -0.506 e. The monoisotopic (exact) mass is 258 g/mol. The van der Waals surface area contributed by atoms with Crippen LogP contribution >= 0.6 is 11.6 Å². The molecule has 0 heterocycles. The minimum atomic E-state index is -0.390. The predicted molar refractivity (Wildman–Crippen MR) is 72.6 cm³/mol. The fourth-order valence-electron chi connectivity index (χ4n) is 1.55. The Morgan fingerprint density at radius 2 is 1.28 bits per heavy atom. The fourth-order valence-corrected chi connectivity index (χ4v) is 1.76. The van der Waals surface area contributed by atoms with Crippen LogP contribution in [0.4, 0.5) is 0 Å². The highest BCUT2D eigenvalue weighted by atomic mass is 35.5. The van der Waals surface area contributed by atoms with Crippen molar-refractivity contribution in [2.24, 2.45) is 0 Å². The Kier molecular flexibility index (Phi) is 3.80. The lowest BCUT2D eigenvalue weighted by Gasteiger charge is -2.04. The lowest BCUT2D eigenvalue weighted by Crippen LogP contribution is -2.01. The molecule has 2 rings (SSSR count). The van der Waals surface area contributed by atoms with E-state index in [0.717, 1.165) is 0 Å². The van der Waals surface area contributed by atoms with Crippen LogP contribution in [0.1, 0.15) is 15.9 Å². The molecule has 0 radical (unpaired) electrons. The molecule has 0 aliphatic heterocycles. The molecule has 1 N–H and O–H groups in total. The highest BCUT2D eigenvalue weighted by Gasteiger charge is 2.15. The largest absolute Gasteiger partial charge is 0.506 e. The number of carbonyl (C=O) groups excluding carboxylic acids is 1. The zero-order valence-corrected chi connectivity index (χ0v) is 10.3. The van der Waals surface area contributed by atoms with Crippen molar-refractivity contribution in [3.8, 4) is 0 Å². The van der Waals surface area contributed by atoms with Crippen LogP contribution in [0.2, 0.25) is 0 Å². The minimum absolute atomic E-state index is 0.174. The summed E-state index contributed by atoms with van der Waals surface area (Å²) in [6.07, 6.45) is 0. The molecule has 0 aliphatic rings. The van der Waals surface area contributed by atoms with Crippen molar-refractivity contribution in [1.29, 1.82) is 0 Å². The summed E-state index contributed by atoms with van der Waals surface area (Å²) in [4.78, 5) is 12.0. The van der Waals surface area contributed by atoms with Gasteiger partial charge in [0.1, 0.15) is 10.8 Å². The normalized spacial score (nSPS) is 11.8. The number of Topliss-reactive ketones (excluding diaryl/α,β-unsaturated/α-hetero) is 1. The molecule has 3 heteroatoms. The third-order valence-electron chi connectivity index (χ3n) is 2.49. The molecule has 0 atom stereocenters. The molecule has 0 bridgehead atoms. The van der Waals surface area contributed by atoms with Crippen LogP contribution in [-0.2, 0) is 0 Å². The number of allylic oxidation sites excluding steroid dienone is 1. The molecular weight excluding hydrogens is 248 g/mol. The topological polar surface area (TPSA) is 37.3 Å². The smallest absolute Gasteiger partial charge is 0.208 e. The second kappa shape index (κ2) is 5.52. The number of aliphatic hydroxyl groups excluding tert-OH is 1. The average Bonchev–Trinajstić information content (AvgIpc) is 2.47. The van der Waals surface area contributed by atoms with E-state index in [-0.39, 0.29) is 10.8 Å². The molecule has 0 saturated heterocycles. The Bertz CT molecular complexity index is 574. The molecule has 0 saturated carbocycles. The van der Waals surface area contributed by atoms with Crippen LogP contribution in [0.25, 0.3) is 5.76 Å². The van der Waals surface area contributed by atoms with Gasteiger partial charge in [0.05, 0.1) is 0 Å². The molecule has 2 nitrogen and oxygen atoms in total. The Labute approximate surface area is 110 Å². The van der Waals surface area contributed by atoms with Crippen LogP contribution in [0.15, 0.2) is 65.7 Å². The zero-order chi connectivity index (χ0) is 13.0. The Balaban J connectivity index is 2.37. The lowest BCUT2D eigenvalue weighted by atomic mass is 10.1. The van der Waals surface area contributed by atoms with Crippen molar-refractivity contribution in [2.45, 2.75) is 0 Å². The van der Waals surface area contributed by atoms with Gasteiger partial charge < -0.3 is 5.11 Å². The molecule has 0 fully saturated rings. The summed E-state index contributed by atoms with van der Waals surface area (Å²) in [6.45, 7) is 0.